The quantitative estimate of drug-likeness (QED) is 0.693. The van der Waals surface area contributed by atoms with Crippen molar-refractivity contribution in [2.24, 2.45) is 5.92 Å². The second-order valence-electron chi connectivity index (χ2n) is 6.35. The van der Waals surface area contributed by atoms with Gasteiger partial charge >= 0.3 is 5.97 Å². The molecule has 6 nitrogen and oxygen atoms in total. The summed E-state index contributed by atoms with van der Waals surface area (Å²) in [4.78, 5) is 25.6. The average Bonchev–Trinajstić information content (AvgIpc) is 2.61. The smallest absolute Gasteiger partial charge is 0.308 e. The third-order valence-electron chi connectivity index (χ3n) is 4.48. The summed E-state index contributed by atoms with van der Waals surface area (Å²) in [6.45, 7) is 5.71. The molecule has 1 N–H and O–H groups in total. The highest BCUT2D eigenvalue weighted by Gasteiger charge is 2.27. The zero-order valence-electron chi connectivity index (χ0n) is 14.9. The Balaban J connectivity index is 2.04. The van der Waals surface area contributed by atoms with Gasteiger partial charge in [0.15, 0.2) is 0 Å². The predicted molar refractivity (Wildman–Crippen MR) is 93.8 cm³/mol. The highest BCUT2D eigenvalue weighted by molar-refractivity contribution is 5.78. The van der Waals surface area contributed by atoms with Crippen molar-refractivity contribution in [2.45, 2.75) is 32.6 Å². The fourth-order valence-electron chi connectivity index (χ4n) is 3.01. The standard InChI is InChI=1S/C19H27NO5/c1-3-24-11-9-20(13-14(2)19(22)23)18(21)12-15-8-10-25-17-7-5-4-6-16(15)17/h4-7,14-15H,3,8-13H2,1-2H3,(H,22,23)/t14-,15+/m0/s1. The van der Waals surface area contributed by atoms with Crippen molar-refractivity contribution in [1.29, 1.82) is 0 Å². The molecule has 0 fully saturated rings. The van der Waals surface area contributed by atoms with Crippen molar-refractivity contribution < 1.29 is 24.2 Å². The number of benzene rings is 1. The van der Waals surface area contributed by atoms with Crippen molar-refractivity contribution >= 4 is 11.9 Å². The molecule has 1 amide bonds. The first-order chi connectivity index (χ1) is 12.0. The first-order valence-corrected chi connectivity index (χ1v) is 8.83. The summed E-state index contributed by atoms with van der Waals surface area (Å²) in [7, 11) is 0. The summed E-state index contributed by atoms with van der Waals surface area (Å²) < 4.78 is 11.0. The number of carbonyl (C=O) groups is 2. The Morgan fingerprint density at radius 3 is 2.88 bits per heavy atom. The van der Waals surface area contributed by atoms with Crippen LogP contribution < -0.4 is 4.74 Å². The van der Waals surface area contributed by atoms with E-state index in [0.717, 1.165) is 17.7 Å². The molecule has 0 unspecified atom stereocenters. The number of carboxylic acid groups (broad SMARTS) is 1. The van der Waals surface area contributed by atoms with Crippen molar-refractivity contribution in [3.05, 3.63) is 29.8 Å². The van der Waals surface area contributed by atoms with E-state index in [4.69, 9.17) is 14.6 Å². The van der Waals surface area contributed by atoms with Crippen LogP contribution in [0.15, 0.2) is 24.3 Å². The van der Waals surface area contributed by atoms with E-state index in [0.29, 0.717) is 32.8 Å². The van der Waals surface area contributed by atoms with Gasteiger partial charge in [-0.1, -0.05) is 25.1 Å². The molecule has 0 radical (unpaired) electrons. The average molecular weight is 349 g/mol. The van der Waals surface area contributed by atoms with E-state index >= 15 is 0 Å². The van der Waals surface area contributed by atoms with Crippen LogP contribution in [-0.4, -0.2) is 54.8 Å². The molecule has 6 heteroatoms. The zero-order valence-corrected chi connectivity index (χ0v) is 14.9. The van der Waals surface area contributed by atoms with Crippen LogP contribution in [0.1, 0.15) is 38.2 Å². The van der Waals surface area contributed by atoms with Crippen LogP contribution in [0.25, 0.3) is 0 Å². The van der Waals surface area contributed by atoms with Crippen LogP contribution in [0.3, 0.4) is 0 Å². The highest BCUT2D eigenvalue weighted by Crippen LogP contribution is 2.35. The lowest BCUT2D eigenvalue weighted by atomic mass is 9.89. The van der Waals surface area contributed by atoms with Gasteiger partial charge in [0.25, 0.3) is 0 Å². The lowest BCUT2D eigenvalue weighted by Crippen LogP contribution is -2.40. The Morgan fingerprint density at radius 2 is 2.16 bits per heavy atom. The molecule has 0 saturated carbocycles. The van der Waals surface area contributed by atoms with Crippen LogP contribution in [0.4, 0.5) is 0 Å². The van der Waals surface area contributed by atoms with Crippen LogP contribution >= 0.6 is 0 Å². The van der Waals surface area contributed by atoms with E-state index in [9.17, 15) is 9.59 Å². The number of nitrogens with zero attached hydrogens (tertiary/aromatic N) is 1. The Bertz CT molecular complexity index is 589. The number of carbonyl (C=O) groups excluding carboxylic acids is 1. The SMILES string of the molecule is CCOCCN(C[C@H](C)C(=O)O)C(=O)C[C@H]1CCOc2ccccc21. The van der Waals surface area contributed by atoms with Crippen molar-refractivity contribution in [2.75, 3.05) is 32.9 Å². The number of amides is 1. The van der Waals surface area contributed by atoms with Crippen LogP contribution in [0, 0.1) is 5.92 Å². The molecule has 25 heavy (non-hydrogen) atoms. The molecule has 1 heterocycles. The number of fused-ring (bicyclic) bond motifs is 1. The molecule has 2 atom stereocenters. The fourth-order valence-corrected chi connectivity index (χ4v) is 3.01. The van der Waals surface area contributed by atoms with Gasteiger partial charge in [-0.2, -0.15) is 0 Å². The van der Waals surface area contributed by atoms with Gasteiger partial charge in [-0.15, -0.1) is 0 Å². The molecule has 0 aliphatic carbocycles. The van der Waals surface area contributed by atoms with E-state index in [1.165, 1.54) is 0 Å². The second kappa shape index (κ2) is 9.42. The topological polar surface area (TPSA) is 76.1 Å². The lowest BCUT2D eigenvalue weighted by Gasteiger charge is -2.29. The molecule has 0 saturated heterocycles. The summed E-state index contributed by atoms with van der Waals surface area (Å²) >= 11 is 0. The molecular formula is C19H27NO5. The number of carboxylic acids is 1. The maximum absolute atomic E-state index is 12.8. The monoisotopic (exact) mass is 349 g/mol. The maximum Gasteiger partial charge on any atom is 0.308 e. The number of hydrogen-bond acceptors (Lipinski definition) is 4. The first-order valence-electron chi connectivity index (χ1n) is 8.83. The van der Waals surface area contributed by atoms with Gasteiger partial charge in [0, 0.05) is 26.1 Å². The molecule has 2 rings (SSSR count). The number of ether oxygens (including phenoxy) is 2. The molecular weight excluding hydrogens is 322 g/mol. The summed E-state index contributed by atoms with van der Waals surface area (Å²) in [5, 5.41) is 9.15. The Hall–Kier alpha value is -2.08. The van der Waals surface area contributed by atoms with Crippen molar-refractivity contribution in [3.8, 4) is 5.75 Å². The molecule has 0 aromatic heterocycles. The lowest BCUT2D eigenvalue weighted by molar-refractivity contribution is -0.143. The minimum atomic E-state index is -0.898. The summed E-state index contributed by atoms with van der Waals surface area (Å²) in [5.74, 6) is -0.592. The van der Waals surface area contributed by atoms with E-state index in [2.05, 4.69) is 0 Å². The van der Waals surface area contributed by atoms with E-state index < -0.39 is 11.9 Å². The summed E-state index contributed by atoms with van der Waals surface area (Å²) in [6.07, 6.45) is 1.15. The molecule has 0 spiro atoms. The Morgan fingerprint density at radius 1 is 1.40 bits per heavy atom. The van der Waals surface area contributed by atoms with Gasteiger partial charge in [-0.25, -0.2) is 0 Å². The Kier molecular flexibility index (Phi) is 7.25. The van der Waals surface area contributed by atoms with Crippen molar-refractivity contribution in [1.82, 2.24) is 4.90 Å². The van der Waals surface area contributed by atoms with Gasteiger partial charge in [0.1, 0.15) is 5.75 Å². The number of aliphatic carboxylic acids is 1. The molecule has 0 bridgehead atoms. The number of para-hydroxylation sites is 1. The normalized spacial score (nSPS) is 17.3. The van der Waals surface area contributed by atoms with E-state index in [1.54, 1.807) is 11.8 Å². The van der Waals surface area contributed by atoms with Crippen LogP contribution in [0.2, 0.25) is 0 Å². The minimum Gasteiger partial charge on any atom is -0.493 e. The van der Waals surface area contributed by atoms with E-state index in [1.807, 2.05) is 31.2 Å². The third kappa shape index (κ3) is 5.46. The van der Waals surface area contributed by atoms with Gasteiger partial charge in [-0.3, -0.25) is 9.59 Å². The van der Waals surface area contributed by atoms with Gasteiger partial charge < -0.3 is 19.5 Å². The van der Waals surface area contributed by atoms with Crippen LogP contribution in [-0.2, 0) is 14.3 Å². The van der Waals surface area contributed by atoms with Gasteiger partial charge in [0.05, 0.1) is 19.1 Å². The minimum absolute atomic E-state index is 0.0329. The van der Waals surface area contributed by atoms with E-state index in [-0.39, 0.29) is 18.4 Å². The molecule has 1 aromatic rings. The highest BCUT2D eigenvalue weighted by atomic mass is 16.5. The molecule has 1 aliphatic rings. The van der Waals surface area contributed by atoms with Crippen molar-refractivity contribution in [3.63, 3.8) is 0 Å². The Labute approximate surface area is 148 Å². The third-order valence-corrected chi connectivity index (χ3v) is 4.48. The molecule has 1 aromatic carbocycles. The largest absolute Gasteiger partial charge is 0.493 e. The summed E-state index contributed by atoms with van der Waals surface area (Å²) in [6, 6.07) is 7.79. The zero-order chi connectivity index (χ0) is 18.2. The van der Waals surface area contributed by atoms with Gasteiger partial charge in [0.2, 0.25) is 5.91 Å². The molecule has 1 aliphatic heterocycles. The predicted octanol–water partition coefficient (Wildman–Crippen LogP) is 2.53. The summed E-state index contributed by atoms with van der Waals surface area (Å²) in [5.41, 5.74) is 1.05. The second-order valence-corrected chi connectivity index (χ2v) is 6.35. The fraction of sp³-hybridized carbons (Fsp3) is 0.579. The number of hydrogen-bond donors (Lipinski definition) is 1. The molecule has 138 valence electrons. The maximum atomic E-state index is 12.8. The van der Waals surface area contributed by atoms with Gasteiger partial charge in [-0.05, 0) is 30.9 Å². The first kappa shape index (κ1) is 19.2. The number of rotatable bonds is 9. The van der Waals surface area contributed by atoms with Crippen LogP contribution in [0.5, 0.6) is 5.75 Å².